The number of H-pyrrole nitrogens is 1. The smallest absolute Gasteiger partial charge is 0.278 e. The molecule has 0 fully saturated rings. The molecule has 2 aromatic heterocycles. The fourth-order valence-corrected chi connectivity index (χ4v) is 5.92. The molecule has 2 aromatic carbocycles. The number of hydrogen-bond acceptors (Lipinski definition) is 5. The van der Waals surface area contributed by atoms with Gasteiger partial charge in [0.25, 0.3) is 5.79 Å². The van der Waals surface area contributed by atoms with Gasteiger partial charge in [-0.25, -0.2) is 9.37 Å². The Labute approximate surface area is 212 Å². The molecule has 0 amide bonds. The molecule has 0 spiro atoms. The average Bonchev–Trinajstić information content (AvgIpc) is 3.50. The first-order chi connectivity index (χ1) is 16.9. The molecule has 0 aliphatic carbocycles. The molecular formula is C27H25ClFN3O2S. The molecule has 1 atom stereocenters. The Morgan fingerprint density at radius 2 is 2.11 bits per heavy atom. The van der Waals surface area contributed by atoms with E-state index in [9.17, 15) is 4.39 Å². The van der Waals surface area contributed by atoms with Gasteiger partial charge in [0.05, 0.1) is 17.6 Å². The summed E-state index contributed by atoms with van der Waals surface area (Å²) in [6.45, 7) is 6.41. The van der Waals surface area contributed by atoms with E-state index in [1.54, 1.807) is 30.4 Å². The van der Waals surface area contributed by atoms with Gasteiger partial charge in [-0.1, -0.05) is 36.7 Å². The second-order valence-corrected chi connectivity index (χ2v) is 10.6. The highest BCUT2D eigenvalue weighted by molar-refractivity contribution is 7.18. The van der Waals surface area contributed by atoms with Gasteiger partial charge < -0.3 is 14.5 Å². The number of benzene rings is 2. The van der Waals surface area contributed by atoms with Crippen molar-refractivity contribution in [3.63, 3.8) is 0 Å². The lowest BCUT2D eigenvalue weighted by atomic mass is 9.98. The van der Waals surface area contributed by atoms with Gasteiger partial charge in [0.15, 0.2) is 11.5 Å². The molecule has 0 saturated heterocycles. The van der Waals surface area contributed by atoms with Crippen molar-refractivity contribution in [2.24, 2.45) is 0 Å². The minimum absolute atomic E-state index is 0.317. The standard InChI is InChI=1S/C27H25ClFN3O2S/c1-3-18-14-22-26(35-18)31-24(30-22)15-32-11-9-16(10-12-32)19-5-4-6-23-25(19)34-27(2,33-23)20-8-7-17(28)13-21(20)29/h4-9,13-14H,3,10-12,15H2,1-2H3,(H,30,31)/t27-/m0/s1. The number of aromatic nitrogens is 2. The summed E-state index contributed by atoms with van der Waals surface area (Å²) in [6.07, 6.45) is 4.15. The molecule has 4 aromatic rings. The molecule has 0 bridgehead atoms. The van der Waals surface area contributed by atoms with Crippen molar-refractivity contribution in [3.8, 4) is 11.5 Å². The van der Waals surface area contributed by atoms with E-state index in [0.29, 0.717) is 22.1 Å². The van der Waals surface area contributed by atoms with Crippen LogP contribution < -0.4 is 9.47 Å². The maximum absolute atomic E-state index is 14.7. The van der Waals surface area contributed by atoms with E-state index in [4.69, 9.17) is 26.1 Å². The van der Waals surface area contributed by atoms with Crippen molar-refractivity contribution in [2.75, 3.05) is 13.1 Å². The molecule has 0 saturated carbocycles. The Morgan fingerprint density at radius 1 is 1.23 bits per heavy atom. The first kappa shape index (κ1) is 22.6. The highest BCUT2D eigenvalue weighted by Gasteiger charge is 2.42. The van der Waals surface area contributed by atoms with E-state index in [0.717, 1.165) is 54.2 Å². The van der Waals surface area contributed by atoms with Crippen LogP contribution in [0.25, 0.3) is 15.9 Å². The zero-order chi connectivity index (χ0) is 24.2. The molecule has 35 heavy (non-hydrogen) atoms. The molecular weight excluding hydrogens is 485 g/mol. The van der Waals surface area contributed by atoms with Crippen molar-refractivity contribution in [1.82, 2.24) is 14.9 Å². The van der Waals surface area contributed by atoms with Gasteiger partial charge in [-0.05, 0) is 48.7 Å². The third-order valence-corrected chi connectivity index (χ3v) is 8.05. The largest absolute Gasteiger partial charge is 0.444 e. The first-order valence-electron chi connectivity index (χ1n) is 11.8. The molecule has 180 valence electrons. The lowest BCUT2D eigenvalue weighted by Crippen LogP contribution is -2.32. The van der Waals surface area contributed by atoms with Gasteiger partial charge in [-0.15, -0.1) is 11.3 Å². The zero-order valence-corrected chi connectivity index (χ0v) is 21.1. The Morgan fingerprint density at radius 3 is 2.86 bits per heavy atom. The summed E-state index contributed by atoms with van der Waals surface area (Å²) in [7, 11) is 0. The number of aromatic amines is 1. The Bertz CT molecular complexity index is 1430. The van der Waals surface area contributed by atoms with Gasteiger partial charge in [-0.3, -0.25) is 4.90 Å². The molecule has 2 aliphatic rings. The number of para-hydroxylation sites is 1. The summed E-state index contributed by atoms with van der Waals surface area (Å²) in [4.78, 5) is 13.1. The first-order valence-corrected chi connectivity index (χ1v) is 13.0. The lowest BCUT2D eigenvalue weighted by molar-refractivity contribution is -0.0708. The summed E-state index contributed by atoms with van der Waals surface area (Å²) < 4.78 is 27.1. The number of aryl methyl sites for hydroxylation is 1. The van der Waals surface area contributed by atoms with Crippen LogP contribution in [0.2, 0.25) is 5.02 Å². The summed E-state index contributed by atoms with van der Waals surface area (Å²) in [5, 5.41) is 0.336. The van der Waals surface area contributed by atoms with Crippen LogP contribution in [0.1, 0.15) is 42.1 Å². The summed E-state index contributed by atoms with van der Waals surface area (Å²) in [6, 6.07) is 12.6. The molecule has 4 heterocycles. The topological polar surface area (TPSA) is 50.4 Å². The van der Waals surface area contributed by atoms with Crippen molar-refractivity contribution in [1.29, 1.82) is 0 Å². The highest BCUT2D eigenvalue weighted by Crippen LogP contribution is 2.49. The van der Waals surface area contributed by atoms with Gasteiger partial charge in [0.1, 0.15) is 16.5 Å². The average molecular weight is 510 g/mol. The van der Waals surface area contributed by atoms with E-state index in [1.165, 1.54) is 16.5 Å². The van der Waals surface area contributed by atoms with Crippen LogP contribution in [0.5, 0.6) is 11.5 Å². The Kier molecular flexibility index (Phi) is 5.59. The number of ether oxygens (including phenoxy) is 2. The highest BCUT2D eigenvalue weighted by atomic mass is 35.5. The summed E-state index contributed by atoms with van der Waals surface area (Å²) >= 11 is 7.70. The number of nitrogens with one attached hydrogen (secondary N) is 1. The number of imidazole rings is 1. The second kappa shape index (κ2) is 8.66. The fraction of sp³-hybridized carbons (Fsp3) is 0.296. The van der Waals surface area contributed by atoms with Gasteiger partial charge in [0, 0.05) is 35.5 Å². The number of hydrogen-bond donors (Lipinski definition) is 1. The van der Waals surface area contributed by atoms with Crippen molar-refractivity contribution >= 4 is 38.9 Å². The molecule has 0 radical (unpaired) electrons. The molecule has 5 nitrogen and oxygen atoms in total. The van der Waals surface area contributed by atoms with E-state index < -0.39 is 11.6 Å². The zero-order valence-electron chi connectivity index (χ0n) is 19.5. The van der Waals surface area contributed by atoms with Gasteiger partial charge in [-0.2, -0.15) is 0 Å². The van der Waals surface area contributed by atoms with Crippen LogP contribution in [0, 0.1) is 5.82 Å². The van der Waals surface area contributed by atoms with Gasteiger partial charge in [0.2, 0.25) is 0 Å². The summed E-state index contributed by atoms with van der Waals surface area (Å²) in [5.41, 5.74) is 3.64. The van der Waals surface area contributed by atoms with Crippen LogP contribution in [-0.2, 0) is 18.8 Å². The number of fused-ring (bicyclic) bond motifs is 2. The maximum Gasteiger partial charge on any atom is 0.278 e. The molecule has 8 heteroatoms. The van der Waals surface area contributed by atoms with Crippen LogP contribution in [0.4, 0.5) is 4.39 Å². The predicted octanol–water partition coefficient (Wildman–Crippen LogP) is 6.91. The molecule has 1 N–H and O–H groups in total. The number of halogens is 2. The normalized spacial score (nSPS) is 19.9. The van der Waals surface area contributed by atoms with Crippen molar-refractivity contribution in [3.05, 3.63) is 81.2 Å². The number of thiophene rings is 1. The lowest BCUT2D eigenvalue weighted by Gasteiger charge is -2.26. The predicted molar refractivity (Wildman–Crippen MR) is 138 cm³/mol. The Balaban J connectivity index is 1.19. The van der Waals surface area contributed by atoms with E-state index in [2.05, 4.69) is 29.0 Å². The SMILES string of the molecule is CCc1cc2[nH]c(CN3CC=C(c4cccc5c4O[C@@](C)(c4ccc(Cl)cc4F)O5)CC3)nc2s1. The summed E-state index contributed by atoms with van der Waals surface area (Å²) in [5.74, 6) is 0.569. The fourth-order valence-electron chi connectivity index (χ4n) is 4.82. The van der Waals surface area contributed by atoms with Crippen LogP contribution in [0.15, 0.2) is 48.5 Å². The third kappa shape index (κ3) is 4.11. The number of rotatable bonds is 5. The quantitative estimate of drug-likeness (QED) is 0.317. The van der Waals surface area contributed by atoms with Crippen molar-refractivity contribution < 1.29 is 13.9 Å². The minimum atomic E-state index is -1.25. The van der Waals surface area contributed by atoms with Crippen LogP contribution in [0.3, 0.4) is 0 Å². The minimum Gasteiger partial charge on any atom is -0.444 e. The number of nitrogens with zero attached hydrogens (tertiary/aromatic N) is 2. The van der Waals surface area contributed by atoms with Crippen molar-refractivity contribution in [2.45, 2.75) is 39.0 Å². The van der Waals surface area contributed by atoms with Gasteiger partial charge >= 0.3 is 0 Å². The van der Waals surface area contributed by atoms with E-state index in [-0.39, 0.29) is 0 Å². The third-order valence-electron chi connectivity index (χ3n) is 6.64. The van der Waals surface area contributed by atoms with E-state index in [1.807, 2.05) is 18.2 Å². The second-order valence-electron chi connectivity index (χ2n) is 9.09. The monoisotopic (exact) mass is 509 g/mol. The molecule has 0 unspecified atom stereocenters. The van der Waals surface area contributed by atoms with Crippen LogP contribution in [-0.4, -0.2) is 28.0 Å². The maximum atomic E-state index is 14.7. The molecule has 2 aliphatic heterocycles. The molecule has 6 rings (SSSR count). The van der Waals surface area contributed by atoms with E-state index >= 15 is 0 Å². The van der Waals surface area contributed by atoms with Crippen LogP contribution >= 0.6 is 22.9 Å². The Hall–Kier alpha value is -2.87.